The van der Waals surface area contributed by atoms with Gasteiger partial charge in [-0.3, -0.25) is 4.79 Å². The molecule has 4 aromatic heterocycles. The molecule has 13 heteroatoms. The topological polar surface area (TPSA) is 121 Å². The Morgan fingerprint density at radius 1 is 1.26 bits per heavy atom. The molecule has 1 aliphatic heterocycles. The lowest BCUT2D eigenvalue weighted by molar-refractivity contribution is -0.137. The molecule has 0 aliphatic carbocycles. The molecule has 0 aromatic carbocycles. The summed E-state index contributed by atoms with van der Waals surface area (Å²) in [5.41, 5.74) is 1.46. The number of furan rings is 1. The Morgan fingerprint density at radius 2 is 2.17 bits per heavy atom. The molecular weight excluding hydrogens is 490 g/mol. The van der Waals surface area contributed by atoms with E-state index in [1.807, 2.05) is 25.3 Å². The van der Waals surface area contributed by atoms with Gasteiger partial charge < -0.3 is 18.8 Å². The molecule has 1 amide bonds. The van der Waals surface area contributed by atoms with E-state index in [1.165, 1.54) is 23.5 Å². The summed E-state index contributed by atoms with van der Waals surface area (Å²) < 4.78 is 18.8. The number of hydrogen-bond acceptors (Lipinski definition) is 11. The largest absolute Gasteiger partial charge is 0.475 e. The number of ether oxygens (including phenoxy) is 2. The Kier molecular flexibility index (Phi) is 7.16. The van der Waals surface area contributed by atoms with Crippen LogP contribution in [0, 0.1) is 6.92 Å². The number of carbonyl (C=O) groups excluding carboxylic acids is 1. The third-order valence-electron chi connectivity index (χ3n) is 5.21. The summed E-state index contributed by atoms with van der Waals surface area (Å²) in [5.74, 6) is 1.92. The average molecular weight is 514 g/mol. The van der Waals surface area contributed by atoms with Gasteiger partial charge in [0.25, 0.3) is 5.78 Å². The standard InChI is InChI=1S/C22H23N7O4S2/c1-14-10-19(29-20(24-14)26-22(27-29)34-2)33-12-15-11-28(7-9-31-15)18(30)13-35-21-23-6-5-16(25-21)17-4-3-8-32-17/h3-6,8,10,15H,7,9,11-13H2,1-2H3. The van der Waals surface area contributed by atoms with E-state index in [0.717, 1.165) is 5.69 Å². The van der Waals surface area contributed by atoms with E-state index in [1.54, 1.807) is 34.0 Å². The number of fused-ring (bicyclic) bond motifs is 1. The molecule has 1 unspecified atom stereocenters. The van der Waals surface area contributed by atoms with Crippen molar-refractivity contribution in [3.05, 3.63) is 42.4 Å². The van der Waals surface area contributed by atoms with E-state index in [2.05, 4.69) is 25.0 Å². The Balaban J connectivity index is 1.17. The van der Waals surface area contributed by atoms with Gasteiger partial charge in [0.1, 0.15) is 18.4 Å². The van der Waals surface area contributed by atoms with Gasteiger partial charge in [0, 0.05) is 24.5 Å². The first-order chi connectivity index (χ1) is 17.1. The maximum absolute atomic E-state index is 12.9. The first-order valence-electron chi connectivity index (χ1n) is 10.9. The predicted molar refractivity (Wildman–Crippen MR) is 130 cm³/mol. The van der Waals surface area contributed by atoms with Gasteiger partial charge in [0.05, 0.1) is 25.2 Å². The Labute approximate surface area is 209 Å². The number of amides is 1. The number of hydrogen-bond donors (Lipinski definition) is 0. The maximum atomic E-state index is 12.9. The van der Waals surface area contributed by atoms with Crippen molar-refractivity contribution in [1.29, 1.82) is 0 Å². The summed E-state index contributed by atoms with van der Waals surface area (Å²) in [5, 5.41) is 5.55. The first kappa shape index (κ1) is 23.6. The fraction of sp³-hybridized carbons (Fsp3) is 0.364. The zero-order chi connectivity index (χ0) is 24.2. The number of rotatable bonds is 8. The lowest BCUT2D eigenvalue weighted by Crippen LogP contribution is -2.48. The number of thioether (sulfide) groups is 2. The summed E-state index contributed by atoms with van der Waals surface area (Å²) in [6.45, 7) is 3.57. The van der Waals surface area contributed by atoms with Crippen LogP contribution < -0.4 is 4.74 Å². The van der Waals surface area contributed by atoms with Crippen molar-refractivity contribution in [3.63, 3.8) is 0 Å². The highest BCUT2D eigenvalue weighted by Crippen LogP contribution is 2.22. The van der Waals surface area contributed by atoms with Crippen molar-refractivity contribution in [2.24, 2.45) is 0 Å². The molecule has 11 nitrogen and oxygen atoms in total. The van der Waals surface area contributed by atoms with Crippen LogP contribution in [-0.2, 0) is 9.53 Å². The second-order valence-electron chi connectivity index (χ2n) is 7.68. The van der Waals surface area contributed by atoms with Gasteiger partial charge in [-0.05, 0) is 31.4 Å². The maximum Gasteiger partial charge on any atom is 0.256 e. The van der Waals surface area contributed by atoms with Crippen LogP contribution in [0.4, 0.5) is 0 Å². The summed E-state index contributed by atoms with van der Waals surface area (Å²) in [4.78, 5) is 32.1. The van der Waals surface area contributed by atoms with E-state index >= 15 is 0 Å². The van der Waals surface area contributed by atoms with Crippen LogP contribution in [0.25, 0.3) is 17.2 Å². The molecule has 0 spiro atoms. The Morgan fingerprint density at radius 3 is 3.00 bits per heavy atom. The fourth-order valence-corrected chi connectivity index (χ4v) is 4.61. The van der Waals surface area contributed by atoms with Crippen LogP contribution in [0.15, 0.2) is 51.5 Å². The zero-order valence-corrected chi connectivity index (χ0v) is 20.8. The van der Waals surface area contributed by atoms with Gasteiger partial charge in [0.15, 0.2) is 10.9 Å². The van der Waals surface area contributed by atoms with E-state index in [9.17, 15) is 4.79 Å². The SMILES string of the molecule is CSc1nc2nc(C)cc(OCC3CN(C(=O)CSc4nccc(-c5ccco5)n4)CCO3)n2n1. The van der Waals surface area contributed by atoms with Crippen molar-refractivity contribution in [2.75, 3.05) is 38.3 Å². The van der Waals surface area contributed by atoms with Gasteiger partial charge in [0.2, 0.25) is 16.9 Å². The lowest BCUT2D eigenvalue weighted by Gasteiger charge is -2.32. The number of aryl methyl sites for hydroxylation is 1. The molecule has 1 saturated heterocycles. The monoisotopic (exact) mass is 513 g/mol. The molecule has 5 heterocycles. The average Bonchev–Trinajstić information content (AvgIpc) is 3.56. The van der Waals surface area contributed by atoms with Crippen LogP contribution in [0.5, 0.6) is 5.88 Å². The molecule has 35 heavy (non-hydrogen) atoms. The number of morpholine rings is 1. The van der Waals surface area contributed by atoms with Gasteiger partial charge in [-0.1, -0.05) is 23.5 Å². The second-order valence-corrected chi connectivity index (χ2v) is 9.40. The molecule has 4 aromatic rings. The highest BCUT2D eigenvalue weighted by Gasteiger charge is 2.25. The van der Waals surface area contributed by atoms with Crippen LogP contribution in [0.2, 0.25) is 0 Å². The van der Waals surface area contributed by atoms with Crippen molar-refractivity contribution >= 4 is 35.2 Å². The summed E-state index contributed by atoms with van der Waals surface area (Å²) in [7, 11) is 0. The molecule has 0 saturated carbocycles. The summed E-state index contributed by atoms with van der Waals surface area (Å²) in [6, 6.07) is 7.22. The van der Waals surface area contributed by atoms with Crippen LogP contribution in [0.3, 0.4) is 0 Å². The van der Waals surface area contributed by atoms with Gasteiger partial charge >= 0.3 is 0 Å². The first-order valence-corrected chi connectivity index (χ1v) is 13.1. The lowest BCUT2D eigenvalue weighted by atomic mass is 10.3. The van der Waals surface area contributed by atoms with E-state index in [4.69, 9.17) is 13.9 Å². The van der Waals surface area contributed by atoms with Gasteiger partial charge in [-0.25, -0.2) is 15.0 Å². The minimum Gasteiger partial charge on any atom is -0.475 e. The van der Waals surface area contributed by atoms with Crippen LogP contribution >= 0.6 is 23.5 Å². The van der Waals surface area contributed by atoms with E-state index in [-0.39, 0.29) is 24.4 Å². The summed E-state index contributed by atoms with van der Waals surface area (Å²) in [6.07, 6.45) is 4.90. The molecule has 0 radical (unpaired) electrons. The molecule has 182 valence electrons. The Bertz CT molecular complexity index is 1310. The molecule has 1 fully saturated rings. The number of nitrogens with zero attached hydrogens (tertiary/aromatic N) is 7. The number of carbonyl (C=O) groups is 1. The molecule has 5 rings (SSSR count). The van der Waals surface area contributed by atoms with Gasteiger partial charge in [-0.2, -0.15) is 9.50 Å². The molecule has 1 atom stereocenters. The second kappa shape index (κ2) is 10.6. The zero-order valence-electron chi connectivity index (χ0n) is 19.2. The normalized spacial score (nSPS) is 16.1. The van der Waals surface area contributed by atoms with Crippen LogP contribution in [-0.4, -0.2) is 84.8 Å². The van der Waals surface area contributed by atoms with E-state index < -0.39 is 0 Å². The minimum atomic E-state index is -0.261. The molecule has 1 aliphatic rings. The van der Waals surface area contributed by atoms with Gasteiger partial charge in [-0.15, -0.1) is 5.10 Å². The highest BCUT2D eigenvalue weighted by atomic mass is 32.2. The third-order valence-corrected chi connectivity index (χ3v) is 6.60. The third kappa shape index (κ3) is 5.57. The molecule has 0 bridgehead atoms. The van der Waals surface area contributed by atoms with Crippen molar-refractivity contribution in [3.8, 4) is 17.3 Å². The Hall–Kier alpha value is -3.16. The number of aromatic nitrogens is 6. The van der Waals surface area contributed by atoms with Crippen molar-refractivity contribution < 1.29 is 18.7 Å². The smallest absolute Gasteiger partial charge is 0.256 e. The van der Waals surface area contributed by atoms with Crippen molar-refractivity contribution in [1.82, 2.24) is 34.4 Å². The molecular formula is C22H23N7O4S2. The van der Waals surface area contributed by atoms with Crippen LogP contribution in [0.1, 0.15) is 5.69 Å². The predicted octanol–water partition coefficient (Wildman–Crippen LogP) is 2.60. The van der Waals surface area contributed by atoms with Crippen molar-refractivity contribution in [2.45, 2.75) is 23.3 Å². The summed E-state index contributed by atoms with van der Waals surface area (Å²) >= 11 is 2.74. The fourth-order valence-electron chi connectivity index (χ4n) is 3.54. The molecule has 0 N–H and O–H groups in total. The highest BCUT2D eigenvalue weighted by molar-refractivity contribution is 7.99. The quantitative estimate of drug-likeness (QED) is 0.255. The minimum absolute atomic E-state index is 0.00154. The van der Waals surface area contributed by atoms with E-state index in [0.29, 0.717) is 53.1 Å².